The molecule has 0 spiro atoms. The fourth-order valence-corrected chi connectivity index (χ4v) is 5.11. The van der Waals surface area contributed by atoms with E-state index in [1.54, 1.807) is 18.2 Å². The van der Waals surface area contributed by atoms with Gasteiger partial charge in [0.1, 0.15) is 34.2 Å². The van der Waals surface area contributed by atoms with E-state index in [1.807, 2.05) is 0 Å². The molecule has 0 saturated heterocycles. The lowest BCUT2D eigenvalue weighted by atomic mass is 10.0. The molecule has 12 heteroatoms. The van der Waals surface area contributed by atoms with Crippen LogP contribution in [0.1, 0.15) is 5.56 Å². The highest BCUT2D eigenvalue weighted by molar-refractivity contribution is 7.87. The van der Waals surface area contributed by atoms with E-state index in [2.05, 4.69) is 9.97 Å². The third kappa shape index (κ3) is 4.86. The van der Waals surface area contributed by atoms with Crippen LogP contribution in [0.15, 0.2) is 72.3 Å². The summed E-state index contributed by atoms with van der Waals surface area (Å²) in [5.74, 6) is -1.33. The van der Waals surface area contributed by atoms with Crippen LogP contribution in [0.2, 0.25) is 0 Å². The molecule has 0 radical (unpaired) electrons. The molecule has 0 unspecified atom stereocenters. The normalized spacial score (nSPS) is 11.7. The second-order valence-electron chi connectivity index (χ2n) is 7.01. The molecule has 0 amide bonds. The van der Waals surface area contributed by atoms with Crippen LogP contribution in [-0.2, 0) is 37.9 Å². The molecule has 1 N–H and O–H groups in total. The Morgan fingerprint density at radius 3 is 2.39 bits per heavy atom. The van der Waals surface area contributed by atoms with Crippen LogP contribution < -0.4 is 4.18 Å². The Bertz CT molecular complexity index is 1500. The van der Waals surface area contributed by atoms with Crippen LogP contribution in [0, 0.1) is 0 Å². The summed E-state index contributed by atoms with van der Waals surface area (Å²) < 4.78 is 54.9. The van der Waals surface area contributed by atoms with Crippen molar-refractivity contribution in [3.63, 3.8) is 0 Å². The van der Waals surface area contributed by atoms with Gasteiger partial charge in [0.25, 0.3) is 0 Å². The maximum Gasteiger partial charge on any atom is 0.341 e. The van der Waals surface area contributed by atoms with Crippen molar-refractivity contribution in [2.24, 2.45) is 0 Å². The van der Waals surface area contributed by atoms with Crippen molar-refractivity contribution in [1.29, 1.82) is 0 Å². The van der Waals surface area contributed by atoms with Gasteiger partial charge in [0.05, 0.1) is 11.3 Å². The van der Waals surface area contributed by atoms with E-state index in [4.69, 9.17) is 4.18 Å². The van der Waals surface area contributed by atoms with Gasteiger partial charge in [-0.25, -0.2) is 18.4 Å². The predicted octanol–water partition coefficient (Wildman–Crippen LogP) is 2.06. The van der Waals surface area contributed by atoms with Gasteiger partial charge in [-0.15, -0.1) is 0 Å². The number of thiol groups is 1. The quantitative estimate of drug-likeness (QED) is 0.282. The lowest BCUT2D eigenvalue weighted by Crippen LogP contribution is -2.10. The molecule has 0 aliphatic carbocycles. The van der Waals surface area contributed by atoms with Crippen molar-refractivity contribution in [3.05, 3.63) is 72.9 Å². The fourth-order valence-electron chi connectivity index (χ4n) is 3.43. The summed E-state index contributed by atoms with van der Waals surface area (Å²) in [5, 5.41) is 9.56. The minimum atomic E-state index is -4.40. The highest BCUT2D eigenvalue weighted by atomic mass is 32.2. The zero-order chi connectivity index (χ0) is 23.6. The van der Waals surface area contributed by atoms with Crippen LogP contribution in [0.4, 0.5) is 0 Å². The van der Waals surface area contributed by atoms with Crippen molar-refractivity contribution in [3.8, 4) is 16.9 Å². The number of hydrogen-bond acceptors (Lipinski definition) is 8. The summed E-state index contributed by atoms with van der Waals surface area (Å²) >= 11 is 0. The van der Waals surface area contributed by atoms with Gasteiger partial charge in [0.2, 0.25) is 0 Å². The molecular weight excluding hydrogens is 470 g/mol. The second kappa shape index (κ2) is 9.00. The zero-order valence-corrected chi connectivity index (χ0v) is 18.6. The first-order chi connectivity index (χ1) is 15.7. The van der Waals surface area contributed by atoms with E-state index in [0.29, 0.717) is 22.2 Å². The van der Waals surface area contributed by atoms with Crippen molar-refractivity contribution >= 4 is 37.7 Å². The van der Waals surface area contributed by atoms with E-state index in [1.165, 1.54) is 53.8 Å². The molecule has 0 bridgehead atoms. The van der Waals surface area contributed by atoms with Crippen molar-refractivity contribution in [1.82, 2.24) is 14.5 Å². The number of hydrogen-bond donors (Lipinski definition) is 2. The summed E-state index contributed by atoms with van der Waals surface area (Å²) in [5.41, 5.74) is 1.91. The third-order valence-corrected chi connectivity index (χ3v) is 6.64. The molecule has 0 saturated carbocycles. The van der Waals surface area contributed by atoms with Gasteiger partial charge >= 0.3 is 16.1 Å². The minimum Gasteiger partial charge on any atom is -0.480 e. The zero-order valence-electron chi connectivity index (χ0n) is 16.9. The van der Waals surface area contributed by atoms with E-state index < -0.39 is 33.3 Å². The average molecular weight is 488 g/mol. The number of carboxylic acids is 1. The minimum absolute atomic E-state index is 0.0143. The van der Waals surface area contributed by atoms with Gasteiger partial charge in [-0.2, -0.15) is 8.42 Å². The monoisotopic (exact) mass is 487 g/mol. The van der Waals surface area contributed by atoms with Crippen molar-refractivity contribution < 1.29 is 30.9 Å². The van der Waals surface area contributed by atoms with Crippen LogP contribution in [0.5, 0.6) is 5.75 Å². The molecule has 4 aromatic rings. The SMILES string of the molecule is O=C(O)Cn1cc(S(=O)(=O)Oc2ccc(C[SH](=O)=O)cc2)c2c(-c3cncnc3)cccc21. The third-order valence-electron chi connectivity index (χ3n) is 4.76. The Morgan fingerprint density at radius 1 is 1.06 bits per heavy atom. The van der Waals surface area contributed by atoms with Crippen LogP contribution in [0.25, 0.3) is 22.0 Å². The molecule has 0 aliphatic rings. The average Bonchev–Trinajstić information content (AvgIpc) is 3.14. The largest absolute Gasteiger partial charge is 0.480 e. The molecule has 170 valence electrons. The highest BCUT2D eigenvalue weighted by Gasteiger charge is 2.26. The summed E-state index contributed by atoms with van der Waals surface area (Å²) in [6, 6.07) is 10.6. The smallest absolute Gasteiger partial charge is 0.341 e. The molecule has 2 aromatic heterocycles. The Hall–Kier alpha value is -3.77. The lowest BCUT2D eigenvalue weighted by Gasteiger charge is -2.09. The standard InChI is InChI=1S/C21H17N3O7S2/c25-20(26)11-24-10-19(21-17(2-1-3-18(21)24)15-8-22-13-23-9-15)33(29,30)31-16-6-4-14(5-7-16)12-32(27)28/h1-10,13,32H,11-12H2,(H,25,26). The highest BCUT2D eigenvalue weighted by Crippen LogP contribution is 2.35. The van der Waals surface area contributed by atoms with E-state index in [9.17, 15) is 26.7 Å². The van der Waals surface area contributed by atoms with Crippen LogP contribution in [-0.4, -0.2) is 42.4 Å². The number of fused-ring (bicyclic) bond motifs is 1. The first-order valence-electron chi connectivity index (χ1n) is 9.49. The predicted molar refractivity (Wildman–Crippen MR) is 119 cm³/mol. The number of benzene rings is 2. The van der Waals surface area contributed by atoms with Gasteiger partial charge in [0, 0.05) is 29.5 Å². The van der Waals surface area contributed by atoms with Crippen LogP contribution in [0.3, 0.4) is 0 Å². The Morgan fingerprint density at radius 2 is 1.76 bits per heavy atom. The van der Waals surface area contributed by atoms with Gasteiger partial charge in [-0.1, -0.05) is 24.3 Å². The van der Waals surface area contributed by atoms with E-state index in [0.717, 1.165) is 0 Å². The number of carbonyl (C=O) groups is 1. The van der Waals surface area contributed by atoms with Gasteiger partial charge < -0.3 is 13.9 Å². The Kier molecular flexibility index (Phi) is 6.11. The summed E-state index contributed by atoms with van der Waals surface area (Å²) in [6.07, 6.45) is 5.60. The molecule has 10 nitrogen and oxygen atoms in total. The molecule has 2 heterocycles. The van der Waals surface area contributed by atoms with E-state index in [-0.39, 0.29) is 21.8 Å². The second-order valence-corrected chi connectivity index (χ2v) is 9.51. The molecule has 2 aromatic carbocycles. The summed E-state index contributed by atoms with van der Waals surface area (Å²) in [7, 11) is -7.02. The molecule has 0 fully saturated rings. The Labute approximate surface area is 190 Å². The number of nitrogens with zero attached hydrogens (tertiary/aromatic N) is 3. The molecule has 0 aliphatic heterocycles. The van der Waals surface area contributed by atoms with Gasteiger partial charge in [-0.3, -0.25) is 4.79 Å². The fraction of sp³-hybridized carbons (Fsp3) is 0.0952. The molecule has 33 heavy (non-hydrogen) atoms. The molecule has 4 rings (SSSR count). The number of aromatic nitrogens is 3. The lowest BCUT2D eigenvalue weighted by molar-refractivity contribution is -0.137. The summed E-state index contributed by atoms with van der Waals surface area (Å²) in [6.45, 7) is -0.456. The first-order valence-corrected chi connectivity index (χ1v) is 12.3. The number of aliphatic carboxylic acids is 1. The maximum absolute atomic E-state index is 13.2. The topological polar surface area (TPSA) is 146 Å². The number of rotatable bonds is 8. The number of carboxylic acid groups (broad SMARTS) is 1. The maximum atomic E-state index is 13.2. The molecular formula is C21H17N3O7S2. The van der Waals surface area contributed by atoms with E-state index >= 15 is 0 Å². The summed E-state index contributed by atoms with van der Waals surface area (Å²) in [4.78, 5) is 19.1. The van der Waals surface area contributed by atoms with Crippen molar-refractivity contribution in [2.45, 2.75) is 17.2 Å². The van der Waals surface area contributed by atoms with Gasteiger partial charge in [-0.05, 0) is 29.3 Å². The van der Waals surface area contributed by atoms with Crippen molar-refractivity contribution in [2.75, 3.05) is 0 Å². The Balaban J connectivity index is 1.84. The first kappa shape index (κ1) is 22.4. The van der Waals surface area contributed by atoms with Gasteiger partial charge in [0.15, 0.2) is 0 Å². The van der Waals surface area contributed by atoms with Crippen LogP contribution >= 0.6 is 0 Å². The molecule has 0 atom stereocenters.